The number of hydrogen-bond donors (Lipinski definition) is 3. The number of ether oxygens (including phenoxy) is 1. The maximum absolute atomic E-state index is 12.3. The molecule has 0 aromatic heterocycles. The van der Waals surface area contributed by atoms with Crippen LogP contribution in [-0.4, -0.2) is 37.9 Å². The van der Waals surface area contributed by atoms with Crippen LogP contribution in [0.5, 0.6) is 5.75 Å². The van der Waals surface area contributed by atoms with Gasteiger partial charge >= 0.3 is 0 Å². The number of amides is 3. The molecule has 7 heteroatoms. The molecule has 0 bridgehead atoms. The quantitative estimate of drug-likeness (QED) is 0.660. The summed E-state index contributed by atoms with van der Waals surface area (Å²) < 4.78 is 5.18. The highest BCUT2D eigenvalue weighted by Gasteiger charge is 2.12. The van der Waals surface area contributed by atoms with Crippen LogP contribution in [0.2, 0.25) is 0 Å². The van der Waals surface area contributed by atoms with Crippen molar-refractivity contribution in [2.45, 2.75) is 6.92 Å². The zero-order valence-corrected chi connectivity index (χ0v) is 14.7. The van der Waals surface area contributed by atoms with E-state index in [0.29, 0.717) is 35.7 Å². The Morgan fingerprint density at radius 1 is 0.885 bits per heavy atom. The van der Waals surface area contributed by atoms with Gasteiger partial charge in [0, 0.05) is 31.3 Å². The fraction of sp³-hybridized carbons (Fsp3) is 0.211. The van der Waals surface area contributed by atoms with Gasteiger partial charge in [-0.3, -0.25) is 14.4 Å². The van der Waals surface area contributed by atoms with Crippen molar-refractivity contribution in [1.29, 1.82) is 0 Å². The van der Waals surface area contributed by atoms with E-state index in [9.17, 15) is 14.4 Å². The van der Waals surface area contributed by atoms with Crippen LogP contribution in [0.3, 0.4) is 0 Å². The van der Waals surface area contributed by atoms with Crippen LogP contribution in [-0.2, 0) is 4.79 Å². The largest absolute Gasteiger partial charge is 0.496 e. The molecule has 0 fully saturated rings. The summed E-state index contributed by atoms with van der Waals surface area (Å²) in [5, 5.41) is 8.06. The molecule has 3 amide bonds. The fourth-order valence-electron chi connectivity index (χ4n) is 2.25. The van der Waals surface area contributed by atoms with Gasteiger partial charge in [-0.05, 0) is 36.4 Å². The first-order valence-electron chi connectivity index (χ1n) is 8.08. The third kappa shape index (κ3) is 5.34. The molecule has 2 rings (SSSR count). The summed E-state index contributed by atoms with van der Waals surface area (Å²) in [4.78, 5) is 35.1. The molecule has 0 aliphatic heterocycles. The Labute approximate surface area is 151 Å². The van der Waals surface area contributed by atoms with Crippen LogP contribution >= 0.6 is 0 Å². The number of hydrogen-bond acceptors (Lipinski definition) is 4. The molecular weight excluding hydrogens is 334 g/mol. The smallest absolute Gasteiger partial charge is 0.259 e. The molecule has 3 N–H and O–H groups in total. The molecule has 0 atom stereocenters. The summed E-state index contributed by atoms with van der Waals surface area (Å²) in [6.07, 6.45) is 0. The fourth-order valence-corrected chi connectivity index (χ4v) is 2.25. The van der Waals surface area contributed by atoms with E-state index in [-0.39, 0.29) is 17.7 Å². The predicted molar refractivity (Wildman–Crippen MR) is 98.4 cm³/mol. The lowest BCUT2D eigenvalue weighted by Crippen LogP contribution is -2.33. The zero-order chi connectivity index (χ0) is 18.9. The van der Waals surface area contributed by atoms with Crippen LogP contribution in [0.1, 0.15) is 27.6 Å². The van der Waals surface area contributed by atoms with E-state index in [0.717, 1.165) is 0 Å². The highest BCUT2D eigenvalue weighted by Crippen LogP contribution is 2.19. The Hall–Kier alpha value is -3.35. The normalized spacial score (nSPS) is 9.92. The number of anilines is 1. The van der Waals surface area contributed by atoms with Crippen molar-refractivity contribution in [2.24, 2.45) is 0 Å². The lowest BCUT2D eigenvalue weighted by Gasteiger charge is -2.10. The standard InChI is InChI=1S/C19H21N3O4/c1-13(23)20-11-12-21-18(24)14-7-9-15(10-8-14)22-19(25)16-5-3-4-6-17(16)26-2/h3-10H,11-12H2,1-2H3,(H,20,23)(H,21,24)(H,22,25). The molecule has 26 heavy (non-hydrogen) atoms. The molecule has 0 spiro atoms. The molecule has 2 aromatic carbocycles. The topological polar surface area (TPSA) is 96.5 Å². The van der Waals surface area contributed by atoms with Gasteiger partial charge in [0.25, 0.3) is 11.8 Å². The van der Waals surface area contributed by atoms with Crippen LogP contribution in [0.25, 0.3) is 0 Å². The lowest BCUT2D eigenvalue weighted by atomic mass is 10.1. The van der Waals surface area contributed by atoms with Gasteiger partial charge in [-0.2, -0.15) is 0 Å². The van der Waals surface area contributed by atoms with E-state index in [4.69, 9.17) is 4.74 Å². The van der Waals surface area contributed by atoms with E-state index >= 15 is 0 Å². The van der Waals surface area contributed by atoms with Gasteiger partial charge in [0.15, 0.2) is 0 Å². The van der Waals surface area contributed by atoms with Gasteiger partial charge in [0.05, 0.1) is 12.7 Å². The minimum Gasteiger partial charge on any atom is -0.496 e. The van der Waals surface area contributed by atoms with Gasteiger partial charge in [0.1, 0.15) is 5.75 Å². The van der Waals surface area contributed by atoms with Gasteiger partial charge in [-0.25, -0.2) is 0 Å². The minimum absolute atomic E-state index is 0.144. The van der Waals surface area contributed by atoms with Crippen LogP contribution < -0.4 is 20.7 Å². The molecule has 0 aliphatic rings. The number of carbonyl (C=O) groups is 3. The Balaban J connectivity index is 1.93. The summed E-state index contributed by atoms with van der Waals surface area (Å²) in [5.41, 5.74) is 1.45. The first-order valence-corrected chi connectivity index (χ1v) is 8.08. The van der Waals surface area contributed by atoms with E-state index in [2.05, 4.69) is 16.0 Å². The molecule has 0 saturated carbocycles. The van der Waals surface area contributed by atoms with Crippen molar-refractivity contribution in [3.8, 4) is 5.75 Å². The first kappa shape index (κ1) is 19.0. The third-order valence-electron chi connectivity index (χ3n) is 3.54. The number of carbonyl (C=O) groups excluding carboxylic acids is 3. The average molecular weight is 355 g/mol. The zero-order valence-electron chi connectivity index (χ0n) is 14.7. The summed E-state index contributed by atoms with van der Waals surface area (Å²) in [7, 11) is 1.51. The number of rotatable bonds is 7. The number of para-hydroxylation sites is 1. The summed E-state index contributed by atoms with van der Waals surface area (Å²) in [6.45, 7) is 2.12. The second-order valence-corrected chi connectivity index (χ2v) is 5.47. The van der Waals surface area contributed by atoms with Crippen LogP contribution in [0, 0.1) is 0 Å². The van der Waals surface area contributed by atoms with E-state index in [1.54, 1.807) is 48.5 Å². The van der Waals surface area contributed by atoms with Crippen molar-refractivity contribution >= 4 is 23.4 Å². The maximum Gasteiger partial charge on any atom is 0.259 e. The van der Waals surface area contributed by atoms with Crippen LogP contribution in [0.15, 0.2) is 48.5 Å². The summed E-state index contributed by atoms with van der Waals surface area (Å²) in [5.74, 6) is -0.206. The molecular formula is C19H21N3O4. The minimum atomic E-state index is -0.296. The van der Waals surface area contributed by atoms with Gasteiger partial charge in [0.2, 0.25) is 5.91 Å². The highest BCUT2D eigenvalue weighted by atomic mass is 16.5. The Bertz CT molecular complexity index is 788. The number of benzene rings is 2. The van der Waals surface area contributed by atoms with Crippen molar-refractivity contribution in [3.63, 3.8) is 0 Å². The average Bonchev–Trinajstić information content (AvgIpc) is 2.65. The predicted octanol–water partition coefficient (Wildman–Crippen LogP) is 1.81. The van der Waals surface area contributed by atoms with E-state index in [1.807, 2.05) is 0 Å². The molecule has 136 valence electrons. The van der Waals surface area contributed by atoms with Crippen molar-refractivity contribution < 1.29 is 19.1 Å². The molecule has 0 unspecified atom stereocenters. The van der Waals surface area contributed by atoms with E-state index < -0.39 is 0 Å². The SMILES string of the molecule is COc1ccccc1C(=O)Nc1ccc(C(=O)NCCNC(C)=O)cc1. The van der Waals surface area contributed by atoms with Gasteiger partial charge in [-0.15, -0.1) is 0 Å². The number of methoxy groups -OCH3 is 1. The Kier molecular flexibility index (Phi) is 6.73. The molecule has 0 saturated heterocycles. The first-order chi connectivity index (χ1) is 12.5. The third-order valence-corrected chi connectivity index (χ3v) is 3.54. The summed E-state index contributed by atoms with van der Waals surface area (Å²) >= 11 is 0. The number of nitrogens with one attached hydrogen (secondary N) is 3. The molecule has 0 aliphatic carbocycles. The van der Waals surface area contributed by atoms with Crippen molar-refractivity contribution in [3.05, 3.63) is 59.7 Å². The second kappa shape index (κ2) is 9.22. The van der Waals surface area contributed by atoms with Crippen molar-refractivity contribution in [1.82, 2.24) is 10.6 Å². The van der Waals surface area contributed by atoms with Crippen molar-refractivity contribution in [2.75, 3.05) is 25.5 Å². The molecule has 0 heterocycles. The lowest BCUT2D eigenvalue weighted by molar-refractivity contribution is -0.118. The monoisotopic (exact) mass is 355 g/mol. The maximum atomic E-state index is 12.3. The van der Waals surface area contributed by atoms with E-state index in [1.165, 1.54) is 14.0 Å². The Morgan fingerprint density at radius 2 is 1.54 bits per heavy atom. The summed E-state index contributed by atoms with van der Waals surface area (Å²) in [6, 6.07) is 13.5. The van der Waals surface area contributed by atoms with Crippen LogP contribution in [0.4, 0.5) is 5.69 Å². The molecule has 2 aromatic rings. The van der Waals surface area contributed by atoms with Gasteiger partial charge in [-0.1, -0.05) is 12.1 Å². The second-order valence-electron chi connectivity index (χ2n) is 5.47. The van der Waals surface area contributed by atoms with Gasteiger partial charge < -0.3 is 20.7 Å². The highest BCUT2D eigenvalue weighted by molar-refractivity contribution is 6.06. The Morgan fingerprint density at radius 3 is 2.19 bits per heavy atom. The molecule has 0 radical (unpaired) electrons. The molecule has 7 nitrogen and oxygen atoms in total.